The predicted octanol–water partition coefficient (Wildman–Crippen LogP) is 1.64. The Morgan fingerprint density at radius 3 is 2.69 bits per heavy atom. The van der Waals surface area contributed by atoms with E-state index in [1.165, 1.54) is 13.2 Å². The number of fused-ring (bicyclic) bond motifs is 1. The lowest BCUT2D eigenvalue weighted by atomic mass is 10.1. The van der Waals surface area contributed by atoms with Gasteiger partial charge in [-0.05, 0) is 30.7 Å². The number of hydrogen-bond donors (Lipinski definition) is 3. The lowest BCUT2D eigenvalue weighted by Crippen LogP contribution is -2.28. The molecule has 0 fully saturated rings. The molecule has 134 valence electrons. The van der Waals surface area contributed by atoms with Gasteiger partial charge in [-0.25, -0.2) is 19.1 Å². The number of amides is 2. The van der Waals surface area contributed by atoms with Gasteiger partial charge in [0, 0.05) is 24.4 Å². The SMILES string of the molecule is CCNC(=O)Nc1nc2cc(-c3ccc(OC)nc3)cc(C(=O)O)n2n1. The molecule has 3 heterocycles. The van der Waals surface area contributed by atoms with Crippen LogP contribution >= 0.6 is 0 Å². The van der Waals surface area contributed by atoms with Crippen LogP contribution in [0.25, 0.3) is 16.8 Å². The monoisotopic (exact) mass is 356 g/mol. The second-order valence-electron chi connectivity index (χ2n) is 5.21. The summed E-state index contributed by atoms with van der Waals surface area (Å²) in [6, 6.07) is 6.08. The zero-order valence-corrected chi connectivity index (χ0v) is 14.1. The summed E-state index contributed by atoms with van der Waals surface area (Å²) in [5.41, 5.74) is 1.48. The van der Waals surface area contributed by atoms with Gasteiger partial charge < -0.3 is 15.2 Å². The number of methoxy groups -OCH3 is 1. The summed E-state index contributed by atoms with van der Waals surface area (Å²) < 4.78 is 6.18. The number of carbonyl (C=O) groups is 2. The molecule has 3 rings (SSSR count). The highest BCUT2D eigenvalue weighted by atomic mass is 16.5. The number of carboxylic acids is 1. The molecule has 0 atom stereocenters. The molecule has 3 aromatic heterocycles. The minimum atomic E-state index is -1.17. The topological polar surface area (TPSA) is 131 Å². The molecule has 0 aliphatic carbocycles. The number of anilines is 1. The normalized spacial score (nSPS) is 10.5. The average Bonchev–Trinajstić information content (AvgIpc) is 3.03. The zero-order valence-electron chi connectivity index (χ0n) is 14.1. The molecule has 0 saturated heterocycles. The molecule has 26 heavy (non-hydrogen) atoms. The van der Waals surface area contributed by atoms with Crippen molar-refractivity contribution < 1.29 is 19.4 Å². The van der Waals surface area contributed by atoms with Gasteiger partial charge in [0.1, 0.15) is 0 Å². The van der Waals surface area contributed by atoms with E-state index in [-0.39, 0.29) is 17.3 Å². The number of carbonyl (C=O) groups excluding carboxylic acids is 1. The highest BCUT2D eigenvalue weighted by Crippen LogP contribution is 2.24. The first-order valence-electron chi connectivity index (χ1n) is 7.71. The van der Waals surface area contributed by atoms with Crippen LogP contribution in [0.1, 0.15) is 17.4 Å². The van der Waals surface area contributed by atoms with Crippen molar-refractivity contribution in [2.45, 2.75) is 6.92 Å². The second kappa shape index (κ2) is 7.05. The molecule has 3 N–H and O–H groups in total. The summed E-state index contributed by atoms with van der Waals surface area (Å²) in [7, 11) is 1.51. The second-order valence-corrected chi connectivity index (χ2v) is 5.21. The molecule has 2 amide bonds. The first kappa shape index (κ1) is 17.1. The minimum Gasteiger partial charge on any atom is -0.481 e. The number of rotatable bonds is 5. The largest absolute Gasteiger partial charge is 0.481 e. The Morgan fingerprint density at radius 1 is 1.27 bits per heavy atom. The van der Waals surface area contributed by atoms with Crippen molar-refractivity contribution in [3.63, 3.8) is 0 Å². The Morgan fingerprint density at radius 2 is 2.08 bits per heavy atom. The maximum absolute atomic E-state index is 11.6. The van der Waals surface area contributed by atoms with Gasteiger partial charge in [-0.3, -0.25) is 5.32 Å². The van der Waals surface area contributed by atoms with E-state index in [1.807, 2.05) is 0 Å². The van der Waals surface area contributed by atoms with Gasteiger partial charge in [0.2, 0.25) is 5.88 Å². The van der Waals surface area contributed by atoms with Gasteiger partial charge in [0.05, 0.1) is 7.11 Å². The molecule has 0 saturated carbocycles. The summed E-state index contributed by atoms with van der Waals surface area (Å²) in [5.74, 6) is -0.722. The van der Waals surface area contributed by atoms with E-state index in [0.717, 1.165) is 4.52 Å². The molecule has 0 bridgehead atoms. The van der Waals surface area contributed by atoms with Gasteiger partial charge in [0.15, 0.2) is 11.3 Å². The molecule has 0 aliphatic heterocycles. The van der Waals surface area contributed by atoms with E-state index >= 15 is 0 Å². The number of nitrogens with zero attached hydrogens (tertiary/aromatic N) is 4. The fourth-order valence-corrected chi connectivity index (χ4v) is 2.33. The van der Waals surface area contributed by atoms with Crippen LogP contribution in [-0.4, -0.2) is 50.3 Å². The van der Waals surface area contributed by atoms with Gasteiger partial charge in [0.25, 0.3) is 5.95 Å². The Bertz CT molecular complexity index is 967. The standard InChI is InChI=1S/C16H16N6O4/c1-3-17-16(25)20-15-19-12-7-10(6-11(14(23)24)22(12)21-15)9-4-5-13(26-2)18-8-9/h4-8H,3H2,1-2H3,(H,23,24)(H2,17,20,21,25). The van der Waals surface area contributed by atoms with Crippen molar-refractivity contribution in [3.05, 3.63) is 36.2 Å². The van der Waals surface area contributed by atoms with Crippen LogP contribution in [0.4, 0.5) is 10.7 Å². The molecule has 0 spiro atoms. The Hall–Kier alpha value is -3.69. The third-order valence-corrected chi connectivity index (χ3v) is 3.50. The van der Waals surface area contributed by atoms with E-state index in [2.05, 4.69) is 25.7 Å². The zero-order chi connectivity index (χ0) is 18.7. The molecule has 0 aromatic carbocycles. The number of carboxylic acid groups (broad SMARTS) is 1. The molecular formula is C16H16N6O4. The lowest BCUT2D eigenvalue weighted by Gasteiger charge is -2.05. The predicted molar refractivity (Wildman–Crippen MR) is 92.4 cm³/mol. The van der Waals surface area contributed by atoms with Crippen LogP contribution in [0.2, 0.25) is 0 Å². The van der Waals surface area contributed by atoms with Crippen LogP contribution in [0.15, 0.2) is 30.5 Å². The van der Waals surface area contributed by atoms with Gasteiger partial charge >= 0.3 is 12.0 Å². The fraction of sp³-hybridized carbons (Fsp3) is 0.188. The number of pyridine rings is 2. The molecule has 10 heteroatoms. The van der Waals surface area contributed by atoms with E-state index in [4.69, 9.17) is 4.74 Å². The van der Waals surface area contributed by atoms with E-state index < -0.39 is 12.0 Å². The van der Waals surface area contributed by atoms with Crippen LogP contribution in [0.3, 0.4) is 0 Å². The van der Waals surface area contributed by atoms with Gasteiger partial charge in [-0.15, -0.1) is 5.10 Å². The van der Waals surface area contributed by atoms with E-state index in [9.17, 15) is 14.7 Å². The summed E-state index contributed by atoms with van der Waals surface area (Å²) in [4.78, 5) is 31.5. The quantitative estimate of drug-likeness (QED) is 0.633. The van der Waals surface area contributed by atoms with Crippen molar-refractivity contribution in [2.24, 2.45) is 0 Å². The van der Waals surface area contributed by atoms with Crippen LogP contribution in [0.5, 0.6) is 5.88 Å². The molecule has 0 unspecified atom stereocenters. The number of aromatic nitrogens is 4. The number of aromatic carboxylic acids is 1. The smallest absolute Gasteiger partial charge is 0.354 e. The maximum Gasteiger partial charge on any atom is 0.354 e. The Kier molecular flexibility index (Phi) is 4.65. The summed E-state index contributed by atoms with van der Waals surface area (Å²) in [6.45, 7) is 2.21. The molecular weight excluding hydrogens is 340 g/mol. The van der Waals surface area contributed by atoms with Crippen molar-refractivity contribution in [2.75, 3.05) is 19.0 Å². The number of hydrogen-bond acceptors (Lipinski definition) is 6. The lowest BCUT2D eigenvalue weighted by molar-refractivity contribution is 0.0687. The van der Waals surface area contributed by atoms with Gasteiger partial charge in [-0.2, -0.15) is 4.98 Å². The summed E-state index contributed by atoms with van der Waals surface area (Å²) >= 11 is 0. The number of ether oxygens (including phenoxy) is 1. The number of nitrogens with one attached hydrogen (secondary N) is 2. The molecule has 10 nitrogen and oxygen atoms in total. The summed E-state index contributed by atoms with van der Waals surface area (Å²) in [5, 5.41) is 18.5. The van der Waals surface area contributed by atoms with Crippen LogP contribution < -0.4 is 15.4 Å². The molecule has 0 radical (unpaired) electrons. The third kappa shape index (κ3) is 3.38. The highest BCUT2D eigenvalue weighted by Gasteiger charge is 2.16. The molecule has 0 aliphatic rings. The van der Waals surface area contributed by atoms with Crippen molar-refractivity contribution in [1.82, 2.24) is 24.9 Å². The van der Waals surface area contributed by atoms with Crippen molar-refractivity contribution >= 4 is 23.6 Å². The third-order valence-electron chi connectivity index (χ3n) is 3.50. The van der Waals surface area contributed by atoms with Crippen LogP contribution in [0, 0.1) is 0 Å². The summed E-state index contributed by atoms with van der Waals surface area (Å²) in [6.07, 6.45) is 1.57. The van der Waals surface area contributed by atoms with E-state index in [0.29, 0.717) is 23.6 Å². The van der Waals surface area contributed by atoms with Crippen molar-refractivity contribution in [1.29, 1.82) is 0 Å². The highest BCUT2D eigenvalue weighted by molar-refractivity contribution is 5.90. The first-order chi connectivity index (χ1) is 12.5. The Labute approximate surface area is 147 Å². The maximum atomic E-state index is 11.6. The van der Waals surface area contributed by atoms with Crippen molar-refractivity contribution in [3.8, 4) is 17.0 Å². The first-order valence-corrected chi connectivity index (χ1v) is 7.71. The van der Waals surface area contributed by atoms with Gasteiger partial charge in [-0.1, -0.05) is 0 Å². The van der Waals surface area contributed by atoms with E-state index in [1.54, 1.807) is 31.3 Å². The Balaban J connectivity index is 2.05. The molecule has 3 aromatic rings. The average molecular weight is 356 g/mol. The minimum absolute atomic E-state index is 0.00320. The van der Waals surface area contributed by atoms with Crippen LogP contribution in [-0.2, 0) is 0 Å². The number of urea groups is 1. The fourth-order valence-electron chi connectivity index (χ4n) is 2.33.